The van der Waals surface area contributed by atoms with E-state index < -0.39 is 5.54 Å². The molecular formula is C20H27FN4O3. The molecule has 1 aromatic rings. The van der Waals surface area contributed by atoms with E-state index in [2.05, 4.69) is 11.4 Å². The number of benzene rings is 1. The normalized spacial score (nSPS) is 16.9. The van der Waals surface area contributed by atoms with Crippen molar-refractivity contribution in [1.82, 2.24) is 15.1 Å². The zero-order valence-electron chi connectivity index (χ0n) is 16.6. The summed E-state index contributed by atoms with van der Waals surface area (Å²) in [6.45, 7) is 7.72. The van der Waals surface area contributed by atoms with Crippen molar-refractivity contribution in [1.29, 1.82) is 5.26 Å². The van der Waals surface area contributed by atoms with Crippen molar-refractivity contribution in [3.63, 3.8) is 0 Å². The number of nitrogens with zero attached hydrogens (tertiary/aromatic N) is 3. The molecule has 1 aliphatic rings. The minimum atomic E-state index is -0.896. The van der Waals surface area contributed by atoms with Gasteiger partial charge in [-0.05, 0) is 37.1 Å². The van der Waals surface area contributed by atoms with Crippen molar-refractivity contribution >= 4 is 11.8 Å². The molecule has 1 aromatic carbocycles. The highest BCUT2D eigenvalue weighted by Gasteiger charge is 2.31. The fourth-order valence-electron chi connectivity index (χ4n) is 2.76. The number of amides is 2. The van der Waals surface area contributed by atoms with Crippen molar-refractivity contribution < 1.29 is 18.7 Å². The van der Waals surface area contributed by atoms with Gasteiger partial charge in [0.15, 0.2) is 6.61 Å². The van der Waals surface area contributed by atoms with Crippen LogP contribution in [-0.2, 0) is 9.59 Å². The molecule has 1 N–H and O–H groups in total. The molecule has 152 valence electrons. The smallest absolute Gasteiger partial charge is 0.260 e. The van der Waals surface area contributed by atoms with Crippen LogP contribution >= 0.6 is 0 Å². The van der Waals surface area contributed by atoms with Gasteiger partial charge < -0.3 is 15.0 Å². The largest absolute Gasteiger partial charge is 0.484 e. The fourth-order valence-corrected chi connectivity index (χ4v) is 2.76. The van der Waals surface area contributed by atoms with E-state index in [4.69, 9.17) is 4.74 Å². The molecule has 8 heteroatoms. The second-order valence-electron chi connectivity index (χ2n) is 7.42. The van der Waals surface area contributed by atoms with E-state index in [0.29, 0.717) is 31.9 Å². The van der Waals surface area contributed by atoms with E-state index in [1.165, 1.54) is 24.3 Å². The number of halogens is 1. The SMILES string of the molecule is CC(C)C(C)(C#N)NC(=O)CN1CCN(C(=O)COc2ccc(F)cc2)CC1. The Bertz CT molecular complexity index is 724. The van der Waals surface area contributed by atoms with E-state index in [0.717, 1.165) is 0 Å². The molecule has 0 saturated carbocycles. The maximum Gasteiger partial charge on any atom is 0.260 e. The highest BCUT2D eigenvalue weighted by molar-refractivity contribution is 5.80. The molecule has 0 radical (unpaired) electrons. The maximum atomic E-state index is 12.9. The van der Waals surface area contributed by atoms with Crippen molar-refractivity contribution in [2.45, 2.75) is 26.3 Å². The zero-order valence-corrected chi connectivity index (χ0v) is 16.6. The number of hydrogen-bond acceptors (Lipinski definition) is 5. The molecule has 0 aromatic heterocycles. The van der Waals surface area contributed by atoms with Crippen LogP contribution in [0.5, 0.6) is 5.75 Å². The van der Waals surface area contributed by atoms with Crippen LogP contribution in [0.4, 0.5) is 4.39 Å². The lowest BCUT2D eigenvalue weighted by molar-refractivity contribution is -0.135. The molecule has 7 nitrogen and oxygen atoms in total. The molecule has 2 rings (SSSR count). The Kier molecular flexibility index (Phi) is 7.35. The first-order valence-electron chi connectivity index (χ1n) is 9.34. The molecule has 1 aliphatic heterocycles. The van der Waals surface area contributed by atoms with E-state index in [-0.39, 0.29) is 36.7 Å². The van der Waals surface area contributed by atoms with Crippen molar-refractivity contribution in [3.8, 4) is 11.8 Å². The third kappa shape index (κ3) is 5.92. The topological polar surface area (TPSA) is 85.7 Å². The maximum absolute atomic E-state index is 12.9. The molecule has 2 amide bonds. The number of ether oxygens (including phenoxy) is 1. The summed E-state index contributed by atoms with van der Waals surface area (Å²) in [4.78, 5) is 28.2. The number of hydrogen-bond donors (Lipinski definition) is 1. The predicted molar refractivity (Wildman–Crippen MR) is 102 cm³/mol. The highest BCUT2D eigenvalue weighted by Crippen LogP contribution is 2.15. The number of carbonyl (C=O) groups is 2. The summed E-state index contributed by atoms with van der Waals surface area (Å²) in [6, 6.07) is 7.67. The first-order chi connectivity index (χ1) is 13.2. The molecular weight excluding hydrogens is 363 g/mol. The fraction of sp³-hybridized carbons (Fsp3) is 0.550. The Balaban J connectivity index is 1.74. The second kappa shape index (κ2) is 9.51. The second-order valence-corrected chi connectivity index (χ2v) is 7.42. The molecule has 1 fully saturated rings. The third-order valence-electron chi connectivity index (χ3n) is 5.05. The van der Waals surface area contributed by atoms with Crippen LogP contribution in [0.15, 0.2) is 24.3 Å². The molecule has 1 heterocycles. The monoisotopic (exact) mass is 390 g/mol. The zero-order chi connectivity index (χ0) is 20.7. The van der Waals surface area contributed by atoms with Crippen LogP contribution in [-0.4, -0.2) is 66.5 Å². The minimum Gasteiger partial charge on any atom is -0.484 e. The average Bonchev–Trinajstić information content (AvgIpc) is 2.67. The van der Waals surface area contributed by atoms with Crippen molar-refractivity contribution in [2.24, 2.45) is 5.92 Å². The van der Waals surface area contributed by atoms with Gasteiger partial charge in [0.2, 0.25) is 5.91 Å². The van der Waals surface area contributed by atoms with Crippen LogP contribution < -0.4 is 10.1 Å². The lowest BCUT2D eigenvalue weighted by atomic mass is 9.90. The predicted octanol–water partition coefficient (Wildman–Crippen LogP) is 1.40. The number of carbonyl (C=O) groups excluding carboxylic acids is 2. The molecule has 0 aliphatic carbocycles. The van der Waals surface area contributed by atoms with Crippen LogP contribution in [0.1, 0.15) is 20.8 Å². The van der Waals surface area contributed by atoms with Gasteiger partial charge >= 0.3 is 0 Å². The Hall–Kier alpha value is -2.66. The quantitative estimate of drug-likeness (QED) is 0.761. The van der Waals surface area contributed by atoms with Gasteiger partial charge in [0.25, 0.3) is 5.91 Å². The summed E-state index contributed by atoms with van der Waals surface area (Å²) in [5.74, 6) is -0.266. The Morgan fingerprint density at radius 1 is 1.25 bits per heavy atom. The molecule has 1 saturated heterocycles. The van der Waals surface area contributed by atoms with Crippen molar-refractivity contribution in [3.05, 3.63) is 30.1 Å². The summed E-state index contributed by atoms with van der Waals surface area (Å²) < 4.78 is 18.3. The number of rotatable bonds is 7. The lowest BCUT2D eigenvalue weighted by Gasteiger charge is -2.35. The van der Waals surface area contributed by atoms with Gasteiger partial charge in [-0.25, -0.2) is 4.39 Å². The Labute approximate surface area is 165 Å². The highest BCUT2D eigenvalue weighted by atomic mass is 19.1. The first kappa shape index (κ1) is 21.6. The van der Waals surface area contributed by atoms with E-state index in [9.17, 15) is 19.2 Å². The Morgan fingerprint density at radius 3 is 2.39 bits per heavy atom. The lowest BCUT2D eigenvalue weighted by Crippen LogP contribution is -2.55. The Morgan fingerprint density at radius 2 is 1.86 bits per heavy atom. The van der Waals surface area contributed by atoms with Gasteiger partial charge in [-0.1, -0.05) is 13.8 Å². The van der Waals surface area contributed by atoms with Gasteiger partial charge in [0.1, 0.15) is 17.1 Å². The van der Waals surface area contributed by atoms with Gasteiger partial charge in [0, 0.05) is 26.2 Å². The van der Waals surface area contributed by atoms with Crippen molar-refractivity contribution in [2.75, 3.05) is 39.3 Å². The summed E-state index contributed by atoms with van der Waals surface area (Å²) in [5, 5.41) is 12.1. The van der Waals surface area contributed by atoms with Crippen LogP contribution in [0, 0.1) is 23.1 Å². The van der Waals surface area contributed by atoms with Gasteiger partial charge in [-0.2, -0.15) is 5.26 Å². The summed E-state index contributed by atoms with van der Waals surface area (Å²) >= 11 is 0. The molecule has 0 spiro atoms. The van der Waals surface area contributed by atoms with Crippen LogP contribution in [0.25, 0.3) is 0 Å². The molecule has 1 unspecified atom stereocenters. The van der Waals surface area contributed by atoms with E-state index in [1.807, 2.05) is 18.7 Å². The first-order valence-corrected chi connectivity index (χ1v) is 9.34. The number of nitrogens with one attached hydrogen (secondary N) is 1. The third-order valence-corrected chi connectivity index (χ3v) is 5.05. The summed E-state index contributed by atoms with van der Waals surface area (Å²) in [5.41, 5.74) is -0.896. The standard InChI is InChI=1S/C20H27FN4O3/c1-15(2)20(3,14-22)23-18(26)12-24-8-10-25(11-9-24)19(27)13-28-17-6-4-16(21)5-7-17/h4-7,15H,8-13H2,1-3H3,(H,23,26). The summed E-state index contributed by atoms with van der Waals surface area (Å²) in [6.07, 6.45) is 0. The van der Waals surface area contributed by atoms with Gasteiger partial charge in [0.05, 0.1) is 12.6 Å². The molecule has 28 heavy (non-hydrogen) atoms. The van der Waals surface area contributed by atoms with Gasteiger partial charge in [-0.15, -0.1) is 0 Å². The summed E-state index contributed by atoms with van der Waals surface area (Å²) in [7, 11) is 0. The van der Waals surface area contributed by atoms with E-state index >= 15 is 0 Å². The minimum absolute atomic E-state index is 0.00275. The van der Waals surface area contributed by atoms with E-state index in [1.54, 1.807) is 11.8 Å². The van der Waals surface area contributed by atoms with Crippen LogP contribution in [0.3, 0.4) is 0 Å². The van der Waals surface area contributed by atoms with Gasteiger partial charge in [-0.3, -0.25) is 14.5 Å². The number of nitriles is 1. The van der Waals surface area contributed by atoms with Crippen LogP contribution in [0.2, 0.25) is 0 Å². The molecule has 0 bridgehead atoms. The number of piperazine rings is 1. The average molecular weight is 390 g/mol. The molecule has 1 atom stereocenters.